The molecule has 0 saturated heterocycles. The Hall–Kier alpha value is -0.910. The van der Waals surface area contributed by atoms with E-state index in [4.69, 9.17) is 0 Å². The summed E-state index contributed by atoms with van der Waals surface area (Å²) in [4.78, 5) is 0.276. The van der Waals surface area contributed by atoms with Crippen molar-refractivity contribution in [3.8, 4) is 0 Å². The first-order chi connectivity index (χ1) is 8.95. The Labute approximate surface area is 114 Å². The smallest absolute Gasteiger partial charge is 0.241 e. The summed E-state index contributed by atoms with van der Waals surface area (Å²) in [6.07, 6.45) is 3.05. The summed E-state index contributed by atoms with van der Waals surface area (Å²) in [5.74, 6) is 0.385. The molecule has 1 aromatic rings. The van der Waals surface area contributed by atoms with Crippen LogP contribution in [0.25, 0.3) is 0 Å². The monoisotopic (exact) mass is 283 g/mol. The first-order valence-electron chi connectivity index (χ1n) is 6.67. The third-order valence-corrected chi connectivity index (χ3v) is 5.66. The van der Waals surface area contributed by atoms with Crippen LogP contribution in [-0.4, -0.2) is 19.6 Å². The van der Waals surface area contributed by atoms with Crippen molar-refractivity contribution in [2.75, 3.05) is 0 Å². The van der Waals surface area contributed by atoms with Gasteiger partial charge < -0.3 is 5.11 Å². The lowest BCUT2D eigenvalue weighted by Gasteiger charge is -2.19. The van der Waals surface area contributed by atoms with Crippen molar-refractivity contribution in [3.63, 3.8) is 0 Å². The van der Waals surface area contributed by atoms with Crippen molar-refractivity contribution in [1.29, 1.82) is 0 Å². The Bertz CT molecular complexity index is 554. The quantitative estimate of drug-likeness (QED) is 0.887. The molecule has 4 nitrogen and oxygen atoms in total. The number of benzene rings is 1. The van der Waals surface area contributed by atoms with Crippen LogP contribution in [0.1, 0.15) is 37.3 Å². The van der Waals surface area contributed by atoms with Gasteiger partial charge >= 0.3 is 0 Å². The number of hydrogen-bond donors (Lipinski definition) is 2. The van der Waals surface area contributed by atoms with Crippen molar-refractivity contribution in [3.05, 3.63) is 29.3 Å². The van der Waals surface area contributed by atoms with Crippen LogP contribution < -0.4 is 4.72 Å². The predicted octanol–water partition coefficient (Wildman–Crippen LogP) is 1.95. The molecule has 0 spiro atoms. The molecule has 0 amide bonds. The minimum atomic E-state index is -3.50. The van der Waals surface area contributed by atoms with Crippen molar-refractivity contribution < 1.29 is 13.5 Å². The van der Waals surface area contributed by atoms with Crippen LogP contribution in [0.5, 0.6) is 0 Å². The molecule has 1 aliphatic carbocycles. The molecule has 2 rings (SSSR count). The van der Waals surface area contributed by atoms with E-state index in [0.29, 0.717) is 17.0 Å². The summed E-state index contributed by atoms with van der Waals surface area (Å²) in [6.45, 7) is 3.67. The molecule has 19 heavy (non-hydrogen) atoms. The number of nitrogens with one attached hydrogen (secondary N) is 1. The van der Waals surface area contributed by atoms with Crippen LogP contribution in [0.15, 0.2) is 23.1 Å². The lowest BCUT2D eigenvalue weighted by atomic mass is 10.1. The zero-order chi connectivity index (χ0) is 14.0. The van der Waals surface area contributed by atoms with Crippen molar-refractivity contribution >= 4 is 10.0 Å². The standard InChI is InChI=1S/C14H21NO3S/c1-10-5-3-7-13(10)15-19(17,18)14-8-4-6-12(9-16)11(14)2/h4,6,8,10,13,15-16H,3,5,7,9H2,1-2H3. The van der Waals surface area contributed by atoms with E-state index in [0.717, 1.165) is 19.3 Å². The Balaban J connectivity index is 2.29. The van der Waals surface area contributed by atoms with Gasteiger partial charge in [0.25, 0.3) is 0 Å². The molecule has 2 atom stereocenters. The second-order valence-corrected chi connectivity index (χ2v) is 7.02. The molecular weight excluding hydrogens is 262 g/mol. The van der Waals surface area contributed by atoms with Gasteiger partial charge in [0.15, 0.2) is 0 Å². The maximum absolute atomic E-state index is 12.4. The molecule has 0 bridgehead atoms. The zero-order valence-electron chi connectivity index (χ0n) is 11.4. The number of hydrogen-bond acceptors (Lipinski definition) is 3. The van der Waals surface area contributed by atoms with E-state index >= 15 is 0 Å². The number of aliphatic hydroxyl groups is 1. The topological polar surface area (TPSA) is 66.4 Å². The van der Waals surface area contributed by atoms with E-state index in [1.807, 2.05) is 0 Å². The normalized spacial score (nSPS) is 23.7. The lowest BCUT2D eigenvalue weighted by molar-refractivity contribution is 0.280. The maximum atomic E-state index is 12.4. The van der Waals surface area contributed by atoms with E-state index in [-0.39, 0.29) is 17.5 Å². The molecule has 1 fully saturated rings. The summed E-state index contributed by atoms with van der Waals surface area (Å²) in [5.41, 5.74) is 1.28. The summed E-state index contributed by atoms with van der Waals surface area (Å²) in [5, 5.41) is 9.22. The van der Waals surface area contributed by atoms with Crippen molar-refractivity contribution in [2.45, 2.75) is 50.7 Å². The van der Waals surface area contributed by atoms with Gasteiger partial charge in [-0.05, 0) is 42.9 Å². The molecule has 1 aromatic carbocycles. The van der Waals surface area contributed by atoms with E-state index in [1.54, 1.807) is 25.1 Å². The average molecular weight is 283 g/mol. The minimum Gasteiger partial charge on any atom is -0.392 e. The van der Waals surface area contributed by atoms with Crippen LogP contribution in [-0.2, 0) is 16.6 Å². The van der Waals surface area contributed by atoms with E-state index in [1.165, 1.54) is 0 Å². The largest absolute Gasteiger partial charge is 0.392 e. The van der Waals surface area contributed by atoms with Gasteiger partial charge in [0.1, 0.15) is 0 Å². The fourth-order valence-corrected chi connectivity index (χ4v) is 4.37. The fourth-order valence-electron chi connectivity index (χ4n) is 2.71. The van der Waals surface area contributed by atoms with Crippen molar-refractivity contribution in [1.82, 2.24) is 4.72 Å². The van der Waals surface area contributed by atoms with Gasteiger partial charge in [-0.15, -0.1) is 0 Å². The highest BCUT2D eigenvalue weighted by molar-refractivity contribution is 7.89. The molecule has 0 aliphatic heterocycles. The second kappa shape index (κ2) is 5.61. The van der Waals surface area contributed by atoms with Crippen LogP contribution in [0.2, 0.25) is 0 Å². The summed E-state index contributed by atoms with van der Waals surface area (Å²) in [7, 11) is -3.50. The third-order valence-electron chi connectivity index (χ3n) is 4.02. The molecule has 1 saturated carbocycles. The van der Waals surface area contributed by atoms with Gasteiger partial charge in [0.05, 0.1) is 11.5 Å². The molecule has 0 aromatic heterocycles. The molecule has 106 valence electrons. The van der Waals surface area contributed by atoms with Gasteiger partial charge in [-0.3, -0.25) is 0 Å². The molecule has 0 radical (unpaired) electrons. The highest BCUT2D eigenvalue weighted by atomic mass is 32.2. The highest BCUT2D eigenvalue weighted by Crippen LogP contribution is 2.27. The van der Waals surface area contributed by atoms with Gasteiger partial charge in [-0.2, -0.15) is 0 Å². The Morgan fingerprint density at radius 2 is 2.11 bits per heavy atom. The Morgan fingerprint density at radius 1 is 1.37 bits per heavy atom. The zero-order valence-corrected chi connectivity index (χ0v) is 12.2. The molecule has 5 heteroatoms. The number of sulfonamides is 1. The molecule has 2 N–H and O–H groups in total. The molecule has 2 unspecified atom stereocenters. The fraction of sp³-hybridized carbons (Fsp3) is 0.571. The molecular formula is C14H21NO3S. The molecule has 0 heterocycles. The number of aliphatic hydroxyl groups excluding tert-OH is 1. The molecule has 1 aliphatic rings. The van der Waals surface area contributed by atoms with E-state index in [2.05, 4.69) is 11.6 Å². The van der Waals surface area contributed by atoms with E-state index < -0.39 is 10.0 Å². The summed E-state index contributed by atoms with van der Waals surface area (Å²) >= 11 is 0. The summed E-state index contributed by atoms with van der Waals surface area (Å²) in [6, 6.07) is 5.04. The third kappa shape index (κ3) is 2.99. The van der Waals surface area contributed by atoms with Crippen LogP contribution >= 0.6 is 0 Å². The Morgan fingerprint density at radius 3 is 2.68 bits per heavy atom. The van der Waals surface area contributed by atoms with Gasteiger partial charge in [0, 0.05) is 6.04 Å². The minimum absolute atomic E-state index is 0.0298. The Kier molecular flexibility index (Phi) is 4.28. The maximum Gasteiger partial charge on any atom is 0.241 e. The van der Waals surface area contributed by atoms with Gasteiger partial charge in [0.2, 0.25) is 10.0 Å². The first kappa shape index (κ1) is 14.5. The number of rotatable bonds is 4. The highest BCUT2D eigenvalue weighted by Gasteiger charge is 2.29. The van der Waals surface area contributed by atoms with Crippen molar-refractivity contribution in [2.24, 2.45) is 5.92 Å². The van der Waals surface area contributed by atoms with Gasteiger partial charge in [-0.1, -0.05) is 25.5 Å². The average Bonchev–Trinajstić information content (AvgIpc) is 2.74. The van der Waals surface area contributed by atoms with E-state index in [9.17, 15) is 13.5 Å². The first-order valence-corrected chi connectivity index (χ1v) is 8.15. The van der Waals surface area contributed by atoms with Crippen LogP contribution in [0, 0.1) is 12.8 Å². The van der Waals surface area contributed by atoms with Crippen LogP contribution in [0.3, 0.4) is 0 Å². The predicted molar refractivity (Wildman–Crippen MR) is 74.2 cm³/mol. The lowest BCUT2D eigenvalue weighted by Crippen LogP contribution is -2.36. The SMILES string of the molecule is Cc1c(CO)cccc1S(=O)(=O)NC1CCCC1C. The summed E-state index contributed by atoms with van der Waals surface area (Å²) < 4.78 is 27.7. The second-order valence-electron chi connectivity index (χ2n) is 5.33. The van der Waals surface area contributed by atoms with Gasteiger partial charge in [-0.25, -0.2) is 13.1 Å². The van der Waals surface area contributed by atoms with Crippen LogP contribution in [0.4, 0.5) is 0 Å².